The van der Waals surface area contributed by atoms with Crippen molar-refractivity contribution < 1.29 is 9.18 Å². The van der Waals surface area contributed by atoms with Crippen LogP contribution in [0.25, 0.3) is 0 Å². The van der Waals surface area contributed by atoms with Gasteiger partial charge >= 0.3 is 0 Å². The van der Waals surface area contributed by atoms with E-state index in [4.69, 9.17) is 0 Å². The molecule has 0 spiro atoms. The second kappa shape index (κ2) is 7.41. The predicted octanol–water partition coefficient (Wildman–Crippen LogP) is 1.78. The standard InChI is InChI=1S/C18H26FN3O/c1-14-4-5-17(19)11-16(14)13-21-8-2-3-15(12-21)18(23)22-9-6-20-7-10-22/h4-5,11,15,20H,2-3,6-10,12-13H2,1H3. The first-order valence-electron chi connectivity index (χ1n) is 8.60. The number of halogens is 1. The Morgan fingerprint density at radius 3 is 2.87 bits per heavy atom. The zero-order valence-corrected chi connectivity index (χ0v) is 13.9. The van der Waals surface area contributed by atoms with Gasteiger partial charge in [0.25, 0.3) is 0 Å². The van der Waals surface area contributed by atoms with Crippen LogP contribution in [0.5, 0.6) is 0 Å². The van der Waals surface area contributed by atoms with Gasteiger partial charge in [-0.2, -0.15) is 0 Å². The van der Waals surface area contributed by atoms with Gasteiger partial charge in [-0.15, -0.1) is 0 Å². The average molecular weight is 319 g/mol. The van der Waals surface area contributed by atoms with E-state index in [1.807, 2.05) is 17.9 Å². The first-order chi connectivity index (χ1) is 11.1. The molecule has 5 heteroatoms. The summed E-state index contributed by atoms with van der Waals surface area (Å²) >= 11 is 0. The third-order valence-corrected chi connectivity index (χ3v) is 4.99. The van der Waals surface area contributed by atoms with Crippen LogP contribution in [-0.2, 0) is 11.3 Å². The highest BCUT2D eigenvalue weighted by molar-refractivity contribution is 5.79. The van der Waals surface area contributed by atoms with Crippen LogP contribution in [0, 0.1) is 18.7 Å². The van der Waals surface area contributed by atoms with Crippen LogP contribution in [0.1, 0.15) is 24.0 Å². The molecule has 4 nitrogen and oxygen atoms in total. The molecule has 0 aliphatic carbocycles. The van der Waals surface area contributed by atoms with E-state index in [-0.39, 0.29) is 11.7 Å². The van der Waals surface area contributed by atoms with Crippen molar-refractivity contribution in [1.82, 2.24) is 15.1 Å². The van der Waals surface area contributed by atoms with E-state index < -0.39 is 0 Å². The van der Waals surface area contributed by atoms with Gasteiger partial charge < -0.3 is 10.2 Å². The molecule has 0 saturated carbocycles. The Bertz CT molecular complexity index is 557. The monoisotopic (exact) mass is 319 g/mol. The van der Waals surface area contributed by atoms with Crippen LogP contribution in [-0.4, -0.2) is 55.0 Å². The van der Waals surface area contributed by atoms with Crippen molar-refractivity contribution in [1.29, 1.82) is 0 Å². The molecule has 2 fully saturated rings. The fourth-order valence-corrected chi connectivity index (χ4v) is 3.60. The second-order valence-electron chi connectivity index (χ2n) is 6.72. The number of likely N-dealkylation sites (tertiary alicyclic amines) is 1. The fourth-order valence-electron chi connectivity index (χ4n) is 3.60. The van der Waals surface area contributed by atoms with Gasteiger partial charge in [0.15, 0.2) is 0 Å². The molecule has 3 rings (SSSR count). The van der Waals surface area contributed by atoms with Crippen LogP contribution in [0.3, 0.4) is 0 Å². The van der Waals surface area contributed by atoms with E-state index in [1.54, 1.807) is 6.07 Å². The molecule has 1 aromatic rings. The van der Waals surface area contributed by atoms with Gasteiger partial charge in [-0.05, 0) is 49.6 Å². The van der Waals surface area contributed by atoms with Gasteiger partial charge in [0.2, 0.25) is 5.91 Å². The number of nitrogens with one attached hydrogen (secondary N) is 1. The van der Waals surface area contributed by atoms with Crippen molar-refractivity contribution in [3.8, 4) is 0 Å². The Morgan fingerprint density at radius 2 is 2.09 bits per heavy atom. The van der Waals surface area contributed by atoms with Crippen LogP contribution >= 0.6 is 0 Å². The molecule has 23 heavy (non-hydrogen) atoms. The first-order valence-corrected chi connectivity index (χ1v) is 8.60. The highest BCUT2D eigenvalue weighted by atomic mass is 19.1. The summed E-state index contributed by atoms with van der Waals surface area (Å²) in [6.07, 6.45) is 2.01. The van der Waals surface area contributed by atoms with Crippen LogP contribution in [0.15, 0.2) is 18.2 Å². The normalized spacial score (nSPS) is 23.0. The summed E-state index contributed by atoms with van der Waals surface area (Å²) in [6, 6.07) is 4.96. The van der Waals surface area contributed by atoms with E-state index in [0.29, 0.717) is 5.91 Å². The van der Waals surface area contributed by atoms with E-state index in [9.17, 15) is 9.18 Å². The molecule has 0 aromatic heterocycles. The lowest BCUT2D eigenvalue weighted by Crippen LogP contribution is -2.51. The molecule has 2 saturated heterocycles. The molecule has 2 heterocycles. The number of nitrogens with zero attached hydrogens (tertiary/aromatic N) is 2. The lowest BCUT2D eigenvalue weighted by atomic mass is 9.95. The maximum absolute atomic E-state index is 13.5. The second-order valence-corrected chi connectivity index (χ2v) is 6.72. The summed E-state index contributed by atoms with van der Waals surface area (Å²) in [5.41, 5.74) is 2.14. The molecule has 126 valence electrons. The van der Waals surface area contributed by atoms with Gasteiger partial charge in [0.1, 0.15) is 5.82 Å². The largest absolute Gasteiger partial charge is 0.340 e. The van der Waals surface area contributed by atoms with Crippen molar-refractivity contribution in [3.63, 3.8) is 0 Å². The molecule has 0 bridgehead atoms. The molecule has 2 aliphatic heterocycles. The number of aryl methyl sites for hydroxylation is 1. The Hall–Kier alpha value is -1.46. The van der Waals surface area contributed by atoms with Crippen molar-refractivity contribution in [2.45, 2.75) is 26.3 Å². The number of piperazine rings is 1. The number of rotatable bonds is 3. The molecule has 0 radical (unpaired) electrons. The third kappa shape index (κ3) is 4.09. The van der Waals surface area contributed by atoms with E-state index >= 15 is 0 Å². The lowest BCUT2D eigenvalue weighted by Gasteiger charge is -2.36. The molecular weight excluding hydrogens is 293 g/mol. The summed E-state index contributed by atoms with van der Waals surface area (Å²) < 4.78 is 13.5. The Labute approximate surface area is 137 Å². The number of amides is 1. The van der Waals surface area contributed by atoms with Crippen LogP contribution < -0.4 is 5.32 Å². The minimum absolute atomic E-state index is 0.0933. The minimum atomic E-state index is -0.184. The zero-order valence-electron chi connectivity index (χ0n) is 13.9. The molecule has 1 N–H and O–H groups in total. The lowest BCUT2D eigenvalue weighted by molar-refractivity contribution is -0.138. The van der Waals surface area contributed by atoms with Gasteiger partial charge in [0.05, 0.1) is 5.92 Å². The smallest absolute Gasteiger partial charge is 0.227 e. The Kier molecular flexibility index (Phi) is 5.28. The average Bonchev–Trinajstić information content (AvgIpc) is 2.58. The number of hydrogen-bond acceptors (Lipinski definition) is 3. The van der Waals surface area contributed by atoms with E-state index in [1.165, 1.54) is 6.07 Å². The number of carbonyl (C=O) groups excluding carboxylic acids is 1. The number of piperidine rings is 1. The highest BCUT2D eigenvalue weighted by Crippen LogP contribution is 2.22. The van der Waals surface area contributed by atoms with Crippen molar-refractivity contribution in [2.75, 3.05) is 39.3 Å². The number of benzene rings is 1. The molecule has 2 aliphatic rings. The van der Waals surface area contributed by atoms with E-state index in [0.717, 1.165) is 69.8 Å². The number of carbonyl (C=O) groups is 1. The van der Waals surface area contributed by atoms with Crippen molar-refractivity contribution in [3.05, 3.63) is 35.1 Å². The predicted molar refractivity (Wildman–Crippen MR) is 88.6 cm³/mol. The topological polar surface area (TPSA) is 35.6 Å². The van der Waals surface area contributed by atoms with Gasteiger partial charge in [-0.3, -0.25) is 9.69 Å². The molecule has 1 atom stereocenters. The Morgan fingerprint density at radius 1 is 1.30 bits per heavy atom. The first kappa shape index (κ1) is 16.4. The summed E-state index contributed by atoms with van der Waals surface area (Å²) in [5, 5.41) is 3.29. The zero-order chi connectivity index (χ0) is 16.2. The fraction of sp³-hybridized carbons (Fsp3) is 0.611. The molecule has 1 aromatic carbocycles. The van der Waals surface area contributed by atoms with Crippen LogP contribution in [0.2, 0.25) is 0 Å². The third-order valence-electron chi connectivity index (χ3n) is 4.99. The quantitative estimate of drug-likeness (QED) is 0.922. The highest BCUT2D eigenvalue weighted by Gasteiger charge is 2.29. The minimum Gasteiger partial charge on any atom is -0.340 e. The summed E-state index contributed by atoms with van der Waals surface area (Å²) in [4.78, 5) is 17.0. The SMILES string of the molecule is Cc1ccc(F)cc1CN1CCCC(C(=O)N2CCNCC2)C1. The maximum atomic E-state index is 13.5. The molecule has 1 amide bonds. The Balaban J connectivity index is 1.61. The molecule has 1 unspecified atom stereocenters. The summed E-state index contributed by atoms with van der Waals surface area (Å²) in [7, 11) is 0. The van der Waals surface area contributed by atoms with Gasteiger partial charge in [0, 0.05) is 39.3 Å². The van der Waals surface area contributed by atoms with Crippen LogP contribution in [0.4, 0.5) is 4.39 Å². The van der Waals surface area contributed by atoms with E-state index in [2.05, 4.69) is 10.2 Å². The van der Waals surface area contributed by atoms with Gasteiger partial charge in [-0.1, -0.05) is 6.07 Å². The number of hydrogen-bond donors (Lipinski definition) is 1. The van der Waals surface area contributed by atoms with Gasteiger partial charge in [-0.25, -0.2) is 4.39 Å². The van der Waals surface area contributed by atoms with Crippen molar-refractivity contribution >= 4 is 5.91 Å². The summed E-state index contributed by atoms with van der Waals surface area (Å²) in [5.74, 6) is 0.207. The van der Waals surface area contributed by atoms with Crippen molar-refractivity contribution in [2.24, 2.45) is 5.92 Å². The molecular formula is C18H26FN3O. The summed E-state index contributed by atoms with van der Waals surface area (Å²) in [6.45, 7) is 7.95. The maximum Gasteiger partial charge on any atom is 0.227 e.